The second-order valence-electron chi connectivity index (χ2n) is 7.77. The Balaban J connectivity index is 2.20. The number of carbonyl (C=O) groups is 1. The van der Waals surface area contributed by atoms with E-state index in [1.165, 1.54) is 44.9 Å². The van der Waals surface area contributed by atoms with Gasteiger partial charge in [0.1, 0.15) is 17.9 Å². The van der Waals surface area contributed by atoms with Gasteiger partial charge in [0.25, 0.3) is 0 Å². The summed E-state index contributed by atoms with van der Waals surface area (Å²) >= 11 is 0. The Kier molecular flexibility index (Phi) is 17.7. The van der Waals surface area contributed by atoms with Crippen LogP contribution in [0.4, 0.5) is 0 Å². The fourth-order valence-corrected chi connectivity index (χ4v) is 3.31. The molecule has 0 aliphatic rings. The first-order chi connectivity index (χ1) is 15.7. The van der Waals surface area contributed by atoms with E-state index in [1.54, 1.807) is 12.1 Å². The summed E-state index contributed by atoms with van der Waals surface area (Å²) in [6, 6.07) is 5.43. The molecule has 0 radical (unpaired) electrons. The summed E-state index contributed by atoms with van der Waals surface area (Å²) in [5.74, 6) is -0.603. The standard InChI is InChI=1S/C25H42O7/c1-2-3-4-5-6-7-8-9-10-22-11-12-24(23(21-22)25(27)28)32-20-19-31-18-17-30-16-15-29-14-13-26/h11-12,21,26H,2-10,13-20H2,1H3,(H,27,28). The molecule has 0 aromatic heterocycles. The van der Waals surface area contributed by atoms with Crippen molar-refractivity contribution in [2.75, 3.05) is 52.9 Å². The number of carboxylic acid groups (broad SMARTS) is 1. The van der Waals surface area contributed by atoms with Gasteiger partial charge in [-0.2, -0.15) is 0 Å². The van der Waals surface area contributed by atoms with E-state index >= 15 is 0 Å². The van der Waals surface area contributed by atoms with Crippen molar-refractivity contribution >= 4 is 5.97 Å². The summed E-state index contributed by atoms with van der Waals surface area (Å²) in [4.78, 5) is 11.6. The maximum Gasteiger partial charge on any atom is 0.339 e. The van der Waals surface area contributed by atoms with Crippen LogP contribution in [-0.2, 0) is 20.6 Å². The number of rotatable bonds is 22. The zero-order valence-electron chi connectivity index (χ0n) is 19.7. The van der Waals surface area contributed by atoms with Crippen LogP contribution in [0, 0.1) is 0 Å². The third kappa shape index (κ3) is 14.4. The van der Waals surface area contributed by atoms with Crippen molar-refractivity contribution in [2.24, 2.45) is 0 Å². The van der Waals surface area contributed by atoms with Gasteiger partial charge >= 0.3 is 5.97 Å². The van der Waals surface area contributed by atoms with Crippen LogP contribution in [0.1, 0.15) is 74.2 Å². The summed E-state index contributed by atoms with van der Waals surface area (Å²) in [6.07, 6.45) is 11.0. The minimum absolute atomic E-state index is 0.00862. The Morgan fingerprint density at radius 1 is 0.781 bits per heavy atom. The topological polar surface area (TPSA) is 94.5 Å². The van der Waals surface area contributed by atoms with E-state index in [2.05, 4.69) is 6.92 Å². The fourth-order valence-electron chi connectivity index (χ4n) is 3.31. The summed E-state index contributed by atoms with van der Waals surface area (Å²) < 4.78 is 21.5. The zero-order valence-corrected chi connectivity index (χ0v) is 19.7. The molecule has 1 rings (SSSR count). The van der Waals surface area contributed by atoms with Crippen LogP contribution in [-0.4, -0.2) is 69.0 Å². The minimum atomic E-state index is -0.976. The monoisotopic (exact) mass is 454 g/mol. The van der Waals surface area contributed by atoms with E-state index in [0.29, 0.717) is 45.4 Å². The molecule has 184 valence electrons. The van der Waals surface area contributed by atoms with Crippen molar-refractivity contribution in [3.8, 4) is 5.75 Å². The third-order valence-electron chi connectivity index (χ3n) is 5.06. The Morgan fingerprint density at radius 2 is 1.34 bits per heavy atom. The van der Waals surface area contributed by atoms with Gasteiger partial charge in [-0.15, -0.1) is 0 Å². The highest BCUT2D eigenvalue weighted by molar-refractivity contribution is 5.91. The summed E-state index contributed by atoms with van der Waals surface area (Å²) in [6.45, 7) is 4.94. The average molecular weight is 455 g/mol. The molecule has 0 amide bonds. The average Bonchev–Trinajstić information content (AvgIpc) is 2.79. The number of benzene rings is 1. The SMILES string of the molecule is CCCCCCCCCCc1ccc(OCCOCCOCCOCCO)c(C(=O)O)c1. The molecule has 0 aliphatic carbocycles. The van der Waals surface area contributed by atoms with Gasteiger partial charge in [0.2, 0.25) is 0 Å². The van der Waals surface area contributed by atoms with Crippen molar-refractivity contribution in [1.82, 2.24) is 0 Å². The Bertz CT molecular complexity index is 592. The van der Waals surface area contributed by atoms with Crippen LogP contribution in [0.2, 0.25) is 0 Å². The lowest BCUT2D eigenvalue weighted by atomic mass is 10.0. The van der Waals surface area contributed by atoms with Crippen LogP contribution in [0.15, 0.2) is 18.2 Å². The van der Waals surface area contributed by atoms with E-state index in [4.69, 9.17) is 24.1 Å². The smallest absolute Gasteiger partial charge is 0.339 e. The Labute approximate surface area is 193 Å². The van der Waals surface area contributed by atoms with E-state index in [0.717, 1.165) is 18.4 Å². The van der Waals surface area contributed by atoms with E-state index < -0.39 is 5.97 Å². The first-order valence-corrected chi connectivity index (χ1v) is 12.0. The van der Waals surface area contributed by atoms with Gasteiger partial charge in [-0.3, -0.25) is 0 Å². The van der Waals surface area contributed by atoms with Crippen LogP contribution in [0.5, 0.6) is 5.75 Å². The highest BCUT2D eigenvalue weighted by Crippen LogP contribution is 2.22. The number of unbranched alkanes of at least 4 members (excludes halogenated alkanes) is 7. The molecule has 0 heterocycles. The molecule has 0 bridgehead atoms. The number of ether oxygens (including phenoxy) is 4. The number of aryl methyl sites for hydroxylation is 1. The number of aliphatic hydroxyl groups excluding tert-OH is 1. The van der Waals surface area contributed by atoms with E-state index in [9.17, 15) is 9.90 Å². The molecule has 0 spiro atoms. The molecule has 2 N–H and O–H groups in total. The molecule has 0 saturated carbocycles. The summed E-state index contributed by atoms with van der Waals surface area (Å²) in [7, 11) is 0. The number of aliphatic hydroxyl groups is 1. The first-order valence-electron chi connectivity index (χ1n) is 12.0. The van der Waals surface area contributed by atoms with Crippen molar-refractivity contribution < 1.29 is 34.0 Å². The lowest BCUT2D eigenvalue weighted by Gasteiger charge is -2.11. The molecule has 0 atom stereocenters. The lowest BCUT2D eigenvalue weighted by molar-refractivity contribution is 0.00355. The number of hydrogen-bond acceptors (Lipinski definition) is 6. The normalized spacial score (nSPS) is 11.1. The van der Waals surface area contributed by atoms with Gasteiger partial charge < -0.3 is 29.2 Å². The zero-order chi connectivity index (χ0) is 23.3. The molecule has 32 heavy (non-hydrogen) atoms. The lowest BCUT2D eigenvalue weighted by Crippen LogP contribution is -2.14. The van der Waals surface area contributed by atoms with Crippen molar-refractivity contribution in [3.63, 3.8) is 0 Å². The van der Waals surface area contributed by atoms with Crippen LogP contribution in [0.25, 0.3) is 0 Å². The van der Waals surface area contributed by atoms with Crippen molar-refractivity contribution in [1.29, 1.82) is 0 Å². The first kappa shape index (κ1) is 28.4. The highest BCUT2D eigenvalue weighted by atomic mass is 16.6. The summed E-state index contributed by atoms with van der Waals surface area (Å²) in [5.41, 5.74) is 1.24. The van der Waals surface area contributed by atoms with Crippen LogP contribution < -0.4 is 4.74 Å². The van der Waals surface area contributed by atoms with Gasteiger partial charge in [0.05, 0.1) is 46.2 Å². The Morgan fingerprint density at radius 3 is 1.94 bits per heavy atom. The fraction of sp³-hybridized carbons (Fsp3) is 0.720. The van der Waals surface area contributed by atoms with Crippen molar-refractivity contribution in [3.05, 3.63) is 29.3 Å². The van der Waals surface area contributed by atoms with Gasteiger partial charge in [-0.05, 0) is 30.5 Å². The minimum Gasteiger partial charge on any atom is -0.490 e. The largest absolute Gasteiger partial charge is 0.490 e. The Hall–Kier alpha value is -1.67. The molecule has 7 nitrogen and oxygen atoms in total. The van der Waals surface area contributed by atoms with Crippen molar-refractivity contribution in [2.45, 2.75) is 64.7 Å². The molecule has 0 fully saturated rings. The molecule has 0 saturated heterocycles. The molecule has 1 aromatic rings. The second kappa shape index (κ2) is 20.0. The molecular weight excluding hydrogens is 412 g/mol. The molecule has 0 aliphatic heterocycles. The van der Waals surface area contributed by atoms with Gasteiger partial charge in [0, 0.05) is 0 Å². The number of aromatic carboxylic acids is 1. The van der Waals surface area contributed by atoms with Crippen LogP contribution in [0.3, 0.4) is 0 Å². The van der Waals surface area contributed by atoms with E-state index in [-0.39, 0.29) is 18.8 Å². The van der Waals surface area contributed by atoms with Gasteiger partial charge in [-0.1, -0.05) is 57.9 Å². The highest BCUT2D eigenvalue weighted by Gasteiger charge is 2.12. The second-order valence-corrected chi connectivity index (χ2v) is 7.77. The number of hydrogen-bond donors (Lipinski definition) is 2. The number of carboxylic acids is 1. The van der Waals surface area contributed by atoms with Gasteiger partial charge in [-0.25, -0.2) is 4.79 Å². The maximum absolute atomic E-state index is 11.6. The van der Waals surface area contributed by atoms with Gasteiger partial charge in [0.15, 0.2) is 0 Å². The maximum atomic E-state index is 11.6. The molecule has 7 heteroatoms. The third-order valence-corrected chi connectivity index (χ3v) is 5.06. The predicted molar refractivity (Wildman–Crippen MR) is 125 cm³/mol. The predicted octanol–water partition coefficient (Wildman–Crippen LogP) is 4.49. The van der Waals surface area contributed by atoms with E-state index in [1.807, 2.05) is 6.07 Å². The molecule has 0 unspecified atom stereocenters. The van der Waals surface area contributed by atoms with Crippen LogP contribution >= 0.6 is 0 Å². The quantitative estimate of drug-likeness (QED) is 0.249. The summed E-state index contributed by atoms with van der Waals surface area (Å²) in [5, 5.41) is 18.1. The molecule has 1 aromatic carbocycles. The molecular formula is C25H42O7.